The molecule has 0 aliphatic rings. The summed E-state index contributed by atoms with van der Waals surface area (Å²) in [7, 11) is 2.10. The van der Waals surface area contributed by atoms with Crippen LogP contribution in [0.5, 0.6) is 0 Å². The second kappa shape index (κ2) is 5.89. The van der Waals surface area contributed by atoms with Crippen molar-refractivity contribution in [1.82, 2.24) is 14.5 Å². The predicted molar refractivity (Wildman–Crippen MR) is 121 cm³/mol. The minimum Gasteiger partial charge on any atom is -0.328 e. The average Bonchev–Trinajstić information content (AvgIpc) is 3.05. The van der Waals surface area contributed by atoms with Crippen LogP contribution in [0, 0.1) is 6.92 Å². The van der Waals surface area contributed by atoms with Crippen LogP contribution in [0.3, 0.4) is 0 Å². The van der Waals surface area contributed by atoms with Crippen LogP contribution >= 0.6 is 0 Å². The molecule has 0 aliphatic heterocycles. The molecular formula is C26H19N3. The lowest BCUT2D eigenvalue weighted by molar-refractivity contribution is 0.968. The van der Waals surface area contributed by atoms with Crippen molar-refractivity contribution in [3.63, 3.8) is 0 Å². The first-order chi connectivity index (χ1) is 14.2. The highest BCUT2D eigenvalue weighted by Gasteiger charge is 2.18. The molecule has 29 heavy (non-hydrogen) atoms. The molecule has 138 valence electrons. The number of hydrogen-bond acceptors (Lipinski definition) is 2. The molecule has 0 atom stereocenters. The van der Waals surface area contributed by atoms with Gasteiger partial charge < -0.3 is 4.57 Å². The molecular weight excluding hydrogens is 354 g/mol. The lowest BCUT2D eigenvalue weighted by Crippen LogP contribution is -1.96. The molecule has 0 unspecified atom stereocenters. The van der Waals surface area contributed by atoms with Crippen LogP contribution in [0.4, 0.5) is 0 Å². The zero-order chi connectivity index (χ0) is 19.5. The van der Waals surface area contributed by atoms with E-state index >= 15 is 0 Å². The molecule has 0 N–H and O–H groups in total. The van der Waals surface area contributed by atoms with E-state index in [2.05, 4.69) is 90.5 Å². The Morgan fingerprint density at radius 3 is 2.28 bits per heavy atom. The summed E-state index contributed by atoms with van der Waals surface area (Å²) < 4.78 is 2.21. The molecule has 0 aliphatic carbocycles. The predicted octanol–water partition coefficient (Wildman–Crippen LogP) is 6.40. The molecule has 6 aromatic rings. The Bertz CT molecular complexity index is 1570. The number of fused-ring (bicyclic) bond motifs is 6. The summed E-state index contributed by atoms with van der Waals surface area (Å²) in [5.41, 5.74) is 4.31. The standard InChI is InChI=1S/C26H19N3/c1-16-27-24(20-12-11-17-7-3-4-9-19(17)15-20)23-22-14-13-18-8-5-6-10-21(18)25(22)29(2)26(23)28-16/h3-15H,1-2H3. The molecule has 4 aromatic carbocycles. The van der Waals surface area contributed by atoms with Gasteiger partial charge in [0, 0.05) is 23.4 Å². The molecule has 6 rings (SSSR count). The minimum absolute atomic E-state index is 0.788. The van der Waals surface area contributed by atoms with Crippen molar-refractivity contribution in [3.8, 4) is 11.3 Å². The SMILES string of the molecule is Cc1nc(-c2ccc3ccccc3c2)c2c3ccc4ccccc4c3n(C)c2n1. The Morgan fingerprint density at radius 2 is 1.41 bits per heavy atom. The van der Waals surface area contributed by atoms with E-state index < -0.39 is 0 Å². The van der Waals surface area contributed by atoms with E-state index in [-0.39, 0.29) is 0 Å². The van der Waals surface area contributed by atoms with Crippen LogP contribution < -0.4 is 0 Å². The summed E-state index contributed by atoms with van der Waals surface area (Å²) in [6.45, 7) is 1.97. The number of aryl methyl sites for hydroxylation is 2. The first kappa shape index (κ1) is 16.3. The van der Waals surface area contributed by atoms with E-state index in [9.17, 15) is 0 Å². The monoisotopic (exact) mass is 373 g/mol. The first-order valence-corrected chi connectivity index (χ1v) is 9.84. The first-order valence-electron chi connectivity index (χ1n) is 9.84. The van der Waals surface area contributed by atoms with Crippen LogP contribution in [-0.2, 0) is 7.05 Å². The van der Waals surface area contributed by atoms with Crippen molar-refractivity contribution < 1.29 is 0 Å². The molecule has 3 nitrogen and oxygen atoms in total. The quantitative estimate of drug-likeness (QED) is 0.334. The Morgan fingerprint density at radius 1 is 0.690 bits per heavy atom. The summed E-state index contributed by atoms with van der Waals surface area (Å²) in [4.78, 5) is 9.72. The molecule has 0 radical (unpaired) electrons. The zero-order valence-electron chi connectivity index (χ0n) is 16.3. The van der Waals surface area contributed by atoms with Crippen molar-refractivity contribution in [3.05, 3.63) is 84.7 Å². The van der Waals surface area contributed by atoms with Crippen molar-refractivity contribution in [2.45, 2.75) is 6.92 Å². The molecule has 0 spiro atoms. The minimum atomic E-state index is 0.788. The van der Waals surface area contributed by atoms with Gasteiger partial charge in [-0.1, -0.05) is 72.8 Å². The Labute approximate surface area is 168 Å². The molecule has 2 aromatic heterocycles. The second-order valence-corrected chi connectivity index (χ2v) is 7.62. The van der Waals surface area contributed by atoms with Gasteiger partial charge in [-0.25, -0.2) is 9.97 Å². The fourth-order valence-corrected chi connectivity index (χ4v) is 4.52. The van der Waals surface area contributed by atoms with Gasteiger partial charge in [0.05, 0.1) is 16.6 Å². The van der Waals surface area contributed by atoms with Crippen LogP contribution in [0.25, 0.3) is 54.7 Å². The fourth-order valence-electron chi connectivity index (χ4n) is 4.52. The highest BCUT2D eigenvalue weighted by molar-refractivity contribution is 6.20. The maximum absolute atomic E-state index is 4.90. The van der Waals surface area contributed by atoms with E-state index in [1.54, 1.807) is 0 Å². The highest BCUT2D eigenvalue weighted by atomic mass is 15.0. The maximum Gasteiger partial charge on any atom is 0.145 e. The van der Waals surface area contributed by atoms with Gasteiger partial charge in [0.1, 0.15) is 11.5 Å². The number of nitrogens with zero attached hydrogens (tertiary/aromatic N) is 3. The Kier molecular flexibility index (Phi) is 3.30. The number of rotatable bonds is 1. The number of benzene rings is 4. The lowest BCUT2D eigenvalue weighted by atomic mass is 10.0. The third-order valence-corrected chi connectivity index (χ3v) is 5.85. The second-order valence-electron chi connectivity index (χ2n) is 7.62. The summed E-state index contributed by atoms with van der Waals surface area (Å²) in [5.74, 6) is 0.788. The summed E-state index contributed by atoms with van der Waals surface area (Å²) >= 11 is 0. The van der Waals surface area contributed by atoms with E-state index in [4.69, 9.17) is 9.97 Å². The molecule has 0 fully saturated rings. The third kappa shape index (κ3) is 2.31. The van der Waals surface area contributed by atoms with Crippen LogP contribution in [0.2, 0.25) is 0 Å². The van der Waals surface area contributed by atoms with Gasteiger partial charge in [0.25, 0.3) is 0 Å². The maximum atomic E-state index is 4.90. The number of aromatic nitrogens is 3. The topological polar surface area (TPSA) is 30.7 Å². The van der Waals surface area contributed by atoms with Gasteiger partial charge in [0.15, 0.2) is 0 Å². The van der Waals surface area contributed by atoms with Crippen LogP contribution in [0.1, 0.15) is 5.82 Å². The number of hydrogen-bond donors (Lipinski definition) is 0. The highest BCUT2D eigenvalue weighted by Crippen LogP contribution is 2.38. The average molecular weight is 373 g/mol. The van der Waals surface area contributed by atoms with Crippen LogP contribution in [-0.4, -0.2) is 14.5 Å². The van der Waals surface area contributed by atoms with Crippen molar-refractivity contribution in [2.24, 2.45) is 7.05 Å². The van der Waals surface area contributed by atoms with Gasteiger partial charge in [0.2, 0.25) is 0 Å². The van der Waals surface area contributed by atoms with Crippen molar-refractivity contribution >= 4 is 43.5 Å². The van der Waals surface area contributed by atoms with E-state index in [0.717, 1.165) is 28.1 Å². The lowest BCUT2D eigenvalue weighted by Gasteiger charge is -2.07. The Hall–Kier alpha value is -3.72. The zero-order valence-corrected chi connectivity index (χ0v) is 16.3. The summed E-state index contributed by atoms with van der Waals surface area (Å²) in [6, 6.07) is 28.0. The molecule has 2 heterocycles. The third-order valence-electron chi connectivity index (χ3n) is 5.85. The van der Waals surface area contributed by atoms with Gasteiger partial charge in [-0.2, -0.15) is 0 Å². The molecule has 0 amide bonds. The smallest absolute Gasteiger partial charge is 0.145 e. The molecule has 0 saturated carbocycles. The Balaban J connectivity index is 1.78. The summed E-state index contributed by atoms with van der Waals surface area (Å²) in [5, 5.41) is 7.26. The largest absolute Gasteiger partial charge is 0.328 e. The van der Waals surface area contributed by atoms with E-state index in [1.807, 2.05) is 6.92 Å². The normalized spacial score (nSPS) is 11.8. The van der Waals surface area contributed by atoms with Gasteiger partial charge in [-0.05, 0) is 29.1 Å². The molecule has 3 heteroatoms. The van der Waals surface area contributed by atoms with Crippen molar-refractivity contribution in [2.75, 3.05) is 0 Å². The van der Waals surface area contributed by atoms with Gasteiger partial charge in [-0.3, -0.25) is 0 Å². The van der Waals surface area contributed by atoms with E-state index in [1.165, 1.54) is 32.4 Å². The molecule has 0 bridgehead atoms. The van der Waals surface area contributed by atoms with Crippen molar-refractivity contribution in [1.29, 1.82) is 0 Å². The van der Waals surface area contributed by atoms with Gasteiger partial charge >= 0.3 is 0 Å². The molecule has 0 saturated heterocycles. The van der Waals surface area contributed by atoms with Crippen LogP contribution in [0.15, 0.2) is 78.9 Å². The summed E-state index contributed by atoms with van der Waals surface area (Å²) in [6.07, 6.45) is 0. The van der Waals surface area contributed by atoms with Gasteiger partial charge in [-0.15, -0.1) is 0 Å². The fraction of sp³-hybridized carbons (Fsp3) is 0.0769. The van der Waals surface area contributed by atoms with E-state index in [0.29, 0.717) is 0 Å².